The van der Waals surface area contributed by atoms with Gasteiger partial charge in [-0.25, -0.2) is 0 Å². The van der Waals surface area contributed by atoms with Crippen LogP contribution in [0.1, 0.15) is 35.7 Å². The minimum absolute atomic E-state index is 0.0482. The van der Waals surface area contributed by atoms with Crippen LogP contribution in [0.3, 0.4) is 0 Å². The van der Waals surface area contributed by atoms with E-state index in [-0.39, 0.29) is 17.4 Å². The van der Waals surface area contributed by atoms with Crippen molar-refractivity contribution in [2.24, 2.45) is 0 Å². The number of nitrogens with one attached hydrogen (secondary N) is 1. The molecule has 1 aromatic carbocycles. The van der Waals surface area contributed by atoms with Crippen molar-refractivity contribution < 1.29 is 9.90 Å². The highest BCUT2D eigenvalue weighted by Crippen LogP contribution is 2.52. The maximum absolute atomic E-state index is 12.0. The van der Waals surface area contributed by atoms with Gasteiger partial charge in [-0.15, -0.1) is 0 Å². The zero-order valence-corrected chi connectivity index (χ0v) is 16.6. The molecule has 2 saturated heterocycles. The summed E-state index contributed by atoms with van der Waals surface area (Å²) in [5, 5.41) is 14.5. The van der Waals surface area contributed by atoms with Gasteiger partial charge in [0.2, 0.25) is 5.91 Å². The van der Waals surface area contributed by atoms with Crippen molar-refractivity contribution in [1.29, 1.82) is 0 Å². The third-order valence-corrected chi connectivity index (χ3v) is 7.00. The number of fused-ring (bicyclic) bond motifs is 2. The summed E-state index contributed by atoms with van der Waals surface area (Å²) >= 11 is 0. The quantitative estimate of drug-likeness (QED) is 0.828. The van der Waals surface area contributed by atoms with Crippen LogP contribution < -0.4 is 5.32 Å². The molecule has 2 N–H and O–H groups in total. The summed E-state index contributed by atoms with van der Waals surface area (Å²) in [6, 6.07) is 14.4. The highest BCUT2D eigenvalue weighted by atomic mass is 16.3. The van der Waals surface area contributed by atoms with Gasteiger partial charge >= 0.3 is 0 Å². The van der Waals surface area contributed by atoms with Crippen molar-refractivity contribution in [1.82, 2.24) is 20.1 Å². The molecule has 6 heteroatoms. The van der Waals surface area contributed by atoms with Crippen LogP contribution in [0, 0.1) is 0 Å². The molecule has 0 unspecified atom stereocenters. The number of piperazine rings is 1. The summed E-state index contributed by atoms with van der Waals surface area (Å²) in [7, 11) is 0. The number of aromatic nitrogens is 1. The maximum Gasteiger partial charge on any atom is 0.234 e. The Bertz CT molecular complexity index is 879. The number of benzene rings is 1. The number of rotatable bonds is 3. The lowest BCUT2D eigenvalue weighted by Gasteiger charge is -2.44. The van der Waals surface area contributed by atoms with Gasteiger partial charge < -0.3 is 10.4 Å². The molecule has 2 aliphatic heterocycles. The second-order valence-electron chi connectivity index (χ2n) is 8.55. The van der Waals surface area contributed by atoms with E-state index in [4.69, 9.17) is 0 Å². The van der Waals surface area contributed by atoms with E-state index < -0.39 is 6.10 Å². The van der Waals surface area contributed by atoms with E-state index in [0.29, 0.717) is 13.1 Å². The van der Waals surface area contributed by atoms with Crippen molar-refractivity contribution in [3.63, 3.8) is 0 Å². The van der Waals surface area contributed by atoms with Crippen LogP contribution in [-0.2, 0) is 16.8 Å². The van der Waals surface area contributed by atoms with E-state index in [1.165, 1.54) is 11.1 Å². The molecule has 6 nitrogen and oxygen atoms in total. The van der Waals surface area contributed by atoms with Gasteiger partial charge in [-0.3, -0.25) is 19.6 Å². The number of aliphatic hydroxyl groups is 1. The van der Waals surface area contributed by atoms with Gasteiger partial charge in [-0.05, 0) is 49.2 Å². The molecular formula is C23H28N4O2. The summed E-state index contributed by atoms with van der Waals surface area (Å²) in [6.45, 7) is 4.52. The fraction of sp³-hybridized carbons (Fsp3) is 0.478. The van der Waals surface area contributed by atoms with Crippen LogP contribution in [0.2, 0.25) is 0 Å². The largest absolute Gasteiger partial charge is 0.390 e. The Hall–Kier alpha value is -2.28. The zero-order chi connectivity index (χ0) is 19.8. The minimum Gasteiger partial charge on any atom is -0.390 e. The monoisotopic (exact) mass is 392 g/mol. The number of hydrogen-bond donors (Lipinski definition) is 2. The number of likely N-dealkylation sites (tertiary alicyclic amines) is 1. The van der Waals surface area contributed by atoms with Crippen LogP contribution in [0.15, 0.2) is 48.7 Å². The van der Waals surface area contributed by atoms with Gasteiger partial charge in [0.25, 0.3) is 0 Å². The van der Waals surface area contributed by atoms with E-state index in [1.54, 1.807) is 0 Å². The van der Waals surface area contributed by atoms with Gasteiger partial charge in [0.15, 0.2) is 0 Å². The highest BCUT2D eigenvalue weighted by molar-refractivity contribution is 5.78. The first kappa shape index (κ1) is 18.7. The molecule has 5 rings (SSSR count). The number of carbonyl (C=O) groups excluding carboxylic acids is 1. The van der Waals surface area contributed by atoms with Crippen LogP contribution in [0.4, 0.5) is 0 Å². The Kier molecular flexibility index (Phi) is 4.86. The average molecular weight is 393 g/mol. The molecule has 152 valence electrons. The zero-order valence-electron chi connectivity index (χ0n) is 16.6. The Morgan fingerprint density at radius 3 is 2.66 bits per heavy atom. The molecule has 2 atom stereocenters. The molecule has 0 radical (unpaired) electrons. The third kappa shape index (κ3) is 3.25. The van der Waals surface area contributed by atoms with Crippen LogP contribution in [-0.4, -0.2) is 64.6 Å². The lowest BCUT2D eigenvalue weighted by molar-refractivity contribution is -0.126. The number of aliphatic hydroxyl groups excluding tert-OH is 1. The van der Waals surface area contributed by atoms with E-state index in [0.717, 1.165) is 44.7 Å². The SMILES string of the molecule is O=C1CN([C@H]2c3ccccc3C3(CCN(Cc4ccccn4)CC3)[C@@H]2O)CCN1. The fourth-order valence-corrected chi connectivity index (χ4v) is 5.53. The van der Waals surface area contributed by atoms with Gasteiger partial charge in [0, 0.05) is 31.2 Å². The van der Waals surface area contributed by atoms with Crippen molar-refractivity contribution in [2.75, 3.05) is 32.7 Å². The topological polar surface area (TPSA) is 68.7 Å². The summed E-state index contributed by atoms with van der Waals surface area (Å²) in [4.78, 5) is 21.0. The van der Waals surface area contributed by atoms with Gasteiger partial charge in [-0.2, -0.15) is 0 Å². The molecule has 3 heterocycles. The number of carbonyl (C=O) groups is 1. The molecule has 3 aliphatic rings. The average Bonchev–Trinajstić information content (AvgIpc) is 2.99. The molecule has 1 amide bonds. The smallest absolute Gasteiger partial charge is 0.234 e. The number of amides is 1. The summed E-state index contributed by atoms with van der Waals surface area (Å²) in [5.74, 6) is 0.0482. The Morgan fingerprint density at radius 1 is 1.10 bits per heavy atom. The number of pyridine rings is 1. The van der Waals surface area contributed by atoms with Gasteiger partial charge in [0.1, 0.15) is 0 Å². The Balaban J connectivity index is 1.38. The van der Waals surface area contributed by atoms with Crippen LogP contribution in [0.25, 0.3) is 0 Å². The molecular weight excluding hydrogens is 364 g/mol. The summed E-state index contributed by atoms with van der Waals surface area (Å²) in [5.41, 5.74) is 3.34. The third-order valence-electron chi connectivity index (χ3n) is 7.00. The lowest BCUT2D eigenvalue weighted by atomic mass is 9.72. The molecule has 0 saturated carbocycles. The Labute approximate surface area is 171 Å². The molecule has 2 fully saturated rings. The first-order valence-electron chi connectivity index (χ1n) is 10.6. The molecule has 1 aromatic heterocycles. The second-order valence-corrected chi connectivity index (χ2v) is 8.55. The van der Waals surface area contributed by atoms with Gasteiger partial charge in [-0.1, -0.05) is 30.3 Å². The Morgan fingerprint density at radius 2 is 1.90 bits per heavy atom. The molecule has 2 aromatic rings. The predicted octanol–water partition coefficient (Wildman–Crippen LogP) is 1.46. The van der Waals surface area contributed by atoms with Crippen molar-refractivity contribution in [2.45, 2.75) is 36.9 Å². The van der Waals surface area contributed by atoms with E-state index >= 15 is 0 Å². The van der Waals surface area contributed by atoms with Gasteiger partial charge in [0.05, 0.1) is 24.4 Å². The summed E-state index contributed by atoms with van der Waals surface area (Å²) < 4.78 is 0. The number of piperidine rings is 1. The predicted molar refractivity (Wildman–Crippen MR) is 110 cm³/mol. The maximum atomic E-state index is 12.0. The number of hydrogen-bond acceptors (Lipinski definition) is 5. The van der Waals surface area contributed by atoms with Crippen LogP contribution >= 0.6 is 0 Å². The van der Waals surface area contributed by atoms with Crippen LogP contribution in [0.5, 0.6) is 0 Å². The van der Waals surface area contributed by atoms with Crippen molar-refractivity contribution >= 4 is 5.91 Å². The lowest BCUT2D eigenvalue weighted by Crippen LogP contribution is -2.53. The molecule has 29 heavy (non-hydrogen) atoms. The molecule has 1 aliphatic carbocycles. The van der Waals surface area contributed by atoms with E-state index in [9.17, 15) is 9.90 Å². The highest BCUT2D eigenvalue weighted by Gasteiger charge is 2.54. The molecule has 1 spiro atoms. The second kappa shape index (κ2) is 7.52. The minimum atomic E-state index is -0.484. The molecule has 0 bridgehead atoms. The number of nitrogens with zero attached hydrogens (tertiary/aromatic N) is 3. The van der Waals surface area contributed by atoms with Crippen molar-refractivity contribution in [3.8, 4) is 0 Å². The summed E-state index contributed by atoms with van der Waals surface area (Å²) in [6.07, 6.45) is 3.21. The van der Waals surface area contributed by atoms with Crippen molar-refractivity contribution in [3.05, 3.63) is 65.5 Å². The van der Waals surface area contributed by atoms with E-state index in [2.05, 4.69) is 50.4 Å². The fourth-order valence-electron chi connectivity index (χ4n) is 5.53. The normalized spacial score (nSPS) is 27.0. The standard InChI is InChI=1S/C23H28N4O2/c28-20-16-27(14-11-25-20)21-18-6-1-2-7-19(18)23(22(21)29)8-12-26(13-9-23)15-17-5-3-4-10-24-17/h1-7,10,21-22,29H,8-9,11-16H2,(H,25,28)/t21-,22+/m0/s1. The first-order chi connectivity index (χ1) is 14.2. The van der Waals surface area contributed by atoms with E-state index in [1.807, 2.05) is 18.3 Å². The first-order valence-corrected chi connectivity index (χ1v) is 10.6.